The van der Waals surface area contributed by atoms with Gasteiger partial charge in [0.1, 0.15) is 5.76 Å². The molecule has 1 amide bonds. The van der Waals surface area contributed by atoms with E-state index in [2.05, 4.69) is 5.32 Å². The predicted molar refractivity (Wildman–Crippen MR) is 82.1 cm³/mol. The average molecular weight is 302 g/mol. The fourth-order valence-electron chi connectivity index (χ4n) is 1.61. The number of hydrogen-bond donors (Lipinski definition) is 2. The Morgan fingerprint density at radius 1 is 1.00 bits per heavy atom. The minimum absolute atomic E-state index is 0.258. The van der Waals surface area contributed by atoms with Gasteiger partial charge in [0.2, 0.25) is 5.78 Å². The van der Waals surface area contributed by atoms with Gasteiger partial charge in [-0.05, 0) is 24.3 Å². The average Bonchev–Trinajstić information content (AvgIpc) is 2.50. The van der Waals surface area contributed by atoms with Crippen molar-refractivity contribution in [3.05, 3.63) is 71.3 Å². The molecule has 0 bridgehead atoms. The smallest absolute Gasteiger partial charge is 0.296 e. The van der Waals surface area contributed by atoms with Gasteiger partial charge in [-0.2, -0.15) is 0 Å². The van der Waals surface area contributed by atoms with Crippen LogP contribution in [0.15, 0.2) is 60.7 Å². The third-order valence-electron chi connectivity index (χ3n) is 2.66. The van der Waals surface area contributed by atoms with E-state index in [1.54, 1.807) is 54.6 Å². The number of carbonyl (C=O) groups excluding carboxylic acids is 2. The van der Waals surface area contributed by atoms with Crippen LogP contribution in [0.5, 0.6) is 0 Å². The zero-order chi connectivity index (χ0) is 15.2. The maximum atomic E-state index is 11.7. The highest BCUT2D eigenvalue weighted by Gasteiger charge is 2.13. The Labute approximate surface area is 126 Å². The lowest BCUT2D eigenvalue weighted by Crippen LogP contribution is -2.21. The van der Waals surface area contributed by atoms with Crippen LogP contribution in [0.25, 0.3) is 5.76 Å². The van der Waals surface area contributed by atoms with Crippen molar-refractivity contribution in [3.8, 4) is 0 Å². The molecule has 5 heteroatoms. The summed E-state index contributed by atoms with van der Waals surface area (Å²) in [5.74, 6) is -1.93. The minimum Gasteiger partial charge on any atom is -0.507 e. The van der Waals surface area contributed by atoms with Gasteiger partial charge in [0.05, 0.1) is 0 Å². The third-order valence-corrected chi connectivity index (χ3v) is 2.92. The first kappa shape index (κ1) is 14.8. The first-order valence-electron chi connectivity index (χ1n) is 6.13. The molecule has 0 saturated heterocycles. The second-order valence-electron chi connectivity index (χ2n) is 4.22. The number of anilines is 1. The highest BCUT2D eigenvalue weighted by atomic mass is 35.5. The van der Waals surface area contributed by atoms with Crippen molar-refractivity contribution < 1.29 is 14.7 Å². The van der Waals surface area contributed by atoms with Gasteiger partial charge in [0.15, 0.2) is 0 Å². The lowest BCUT2D eigenvalue weighted by Gasteiger charge is -2.03. The molecule has 0 aliphatic rings. The van der Waals surface area contributed by atoms with Crippen LogP contribution < -0.4 is 5.32 Å². The highest BCUT2D eigenvalue weighted by Crippen LogP contribution is 2.14. The molecular weight excluding hydrogens is 290 g/mol. The summed E-state index contributed by atoms with van der Waals surface area (Å²) in [6, 6.07) is 14.8. The van der Waals surface area contributed by atoms with Crippen LogP contribution in [0.1, 0.15) is 5.56 Å². The molecule has 2 aromatic carbocycles. The van der Waals surface area contributed by atoms with Crippen molar-refractivity contribution in [2.45, 2.75) is 0 Å². The van der Waals surface area contributed by atoms with Crippen molar-refractivity contribution in [1.82, 2.24) is 0 Å². The van der Waals surface area contributed by atoms with E-state index in [1.165, 1.54) is 0 Å². The number of hydrogen-bond acceptors (Lipinski definition) is 3. The van der Waals surface area contributed by atoms with Gasteiger partial charge in [0, 0.05) is 22.3 Å². The minimum atomic E-state index is -0.841. The maximum Gasteiger partial charge on any atom is 0.296 e. The van der Waals surface area contributed by atoms with Crippen molar-refractivity contribution in [1.29, 1.82) is 0 Å². The fraction of sp³-hybridized carbons (Fsp3) is 0. The van der Waals surface area contributed by atoms with Crippen molar-refractivity contribution in [3.63, 3.8) is 0 Å². The van der Waals surface area contributed by atoms with Crippen LogP contribution in [0.4, 0.5) is 5.69 Å². The molecule has 0 aliphatic heterocycles. The summed E-state index contributed by atoms with van der Waals surface area (Å²) in [5, 5.41) is 12.7. The zero-order valence-electron chi connectivity index (χ0n) is 10.9. The molecule has 0 atom stereocenters. The van der Waals surface area contributed by atoms with Crippen molar-refractivity contribution in [2.75, 3.05) is 5.32 Å². The van der Waals surface area contributed by atoms with Crippen molar-refractivity contribution in [2.24, 2.45) is 0 Å². The quantitative estimate of drug-likeness (QED) is 0.516. The van der Waals surface area contributed by atoms with Gasteiger partial charge in [-0.3, -0.25) is 9.59 Å². The molecule has 21 heavy (non-hydrogen) atoms. The molecule has 0 spiro atoms. The third kappa shape index (κ3) is 4.19. The molecule has 0 unspecified atom stereocenters. The topological polar surface area (TPSA) is 66.4 Å². The Morgan fingerprint density at radius 3 is 2.24 bits per heavy atom. The lowest BCUT2D eigenvalue weighted by molar-refractivity contribution is -0.131. The number of aliphatic hydroxyl groups excluding tert-OH is 1. The molecule has 0 fully saturated rings. The van der Waals surface area contributed by atoms with Crippen LogP contribution in [0, 0.1) is 0 Å². The predicted octanol–water partition coefficient (Wildman–Crippen LogP) is 3.45. The standard InChI is InChI=1S/C16H12ClNO3/c17-12-6-8-13(9-7-12)18-16(21)15(20)10-14(19)11-4-2-1-3-5-11/h1-10,19H,(H,18,21)/b14-10-. The molecule has 2 rings (SSSR count). The van der Waals surface area contributed by atoms with E-state index < -0.39 is 11.7 Å². The number of nitrogens with one attached hydrogen (secondary N) is 1. The number of aliphatic hydroxyl groups is 1. The Bertz CT molecular complexity index is 678. The fourth-order valence-corrected chi connectivity index (χ4v) is 1.73. The van der Waals surface area contributed by atoms with Crippen molar-refractivity contribution >= 4 is 34.7 Å². The van der Waals surface area contributed by atoms with Crippen LogP contribution in [-0.2, 0) is 9.59 Å². The summed E-state index contributed by atoms with van der Waals surface area (Å²) in [7, 11) is 0. The first-order chi connectivity index (χ1) is 10.1. The SMILES string of the molecule is O=C(/C=C(\O)c1ccccc1)C(=O)Nc1ccc(Cl)cc1. The Hall–Kier alpha value is -2.59. The van der Waals surface area contributed by atoms with E-state index in [1.807, 2.05) is 0 Å². The molecule has 0 saturated carbocycles. The zero-order valence-corrected chi connectivity index (χ0v) is 11.7. The van der Waals surface area contributed by atoms with Gasteiger partial charge in [0.25, 0.3) is 5.91 Å². The van der Waals surface area contributed by atoms with E-state index in [9.17, 15) is 14.7 Å². The number of amides is 1. The van der Waals surface area contributed by atoms with Gasteiger partial charge in [-0.25, -0.2) is 0 Å². The maximum absolute atomic E-state index is 11.7. The van der Waals surface area contributed by atoms with Crippen LogP contribution in [-0.4, -0.2) is 16.8 Å². The Balaban J connectivity index is 2.06. The van der Waals surface area contributed by atoms with E-state index >= 15 is 0 Å². The molecule has 0 heterocycles. The molecular formula is C16H12ClNO3. The summed E-state index contributed by atoms with van der Waals surface area (Å²) in [6.07, 6.45) is 0.889. The summed E-state index contributed by atoms with van der Waals surface area (Å²) in [6.45, 7) is 0. The molecule has 2 aromatic rings. The van der Waals surface area contributed by atoms with Gasteiger partial charge < -0.3 is 10.4 Å². The van der Waals surface area contributed by atoms with E-state index in [0.717, 1.165) is 6.08 Å². The summed E-state index contributed by atoms with van der Waals surface area (Å²) in [4.78, 5) is 23.4. The molecule has 0 aromatic heterocycles. The lowest BCUT2D eigenvalue weighted by atomic mass is 10.1. The van der Waals surface area contributed by atoms with E-state index in [0.29, 0.717) is 16.3 Å². The summed E-state index contributed by atoms with van der Waals surface area (Å²) >= 11 is 5.73. The number of ketones is 1. The van der Waals surface area contributed by atoms with E-state index in [-0.39, 0.29) is 5.76 Å². The molecule has 0 aliphatic carbocycles. The van der Waals surface area contributed by atoms with Gasteiger partial charge in [-0.1, -0.05) is 41.9 Å². The number of benzene rings is 2. The Kier molecular flexibility index (Phi) is 4.74. The normalized spacial score (nSPS) is 11.0. The van der Waals surface area contributed by atoms with Crippen LogP contribution in [0.2, 0.25) is 5.02 Å². The summed E-state index contributed by atoms with van der Waals surface area (Å²) in [5.41, 5.74) is 0.912. The number of carbonyl (C=O) groups is 2. The number of halogens is 1. The molecule has 0 radical (unpaired) electrons. The van der Waals surface area contributed by atoms with Crippen LogP contribution in [0.3, 0.4) is 0 Å². The van der Waals surface area contributed by atoms with Crippen LogP contribution >= 0.6 is 11.6 Å². The first-order valence-corrected chi connectivity index (χ1v) is 6.51. The molecule has 2 N–H and O–H groups in total. The number of rotatable bonds is 4. The Morgan fingerprint density at radius 2 is 1.62 bits per heavy atom. The van der Waals surface area contributed by atoms with E-state index in [4.69, 9.17) is 11.6 Å². The molecule has 4 nitrogen and oxygen atoms in total. The highest BCUT2D eigenvalue weighted by molar-refractivity contribution is 6.45. The monoisotopic (exact) mass is 301 g/mol. The molecule has 106 valence electrons. The second-order valence-corrected chi connectivity index (χ2v) is 4.66. The summed E-state index contributed by atoms with van der Waals surface area (Å²) < 4.78 is 0. The van der Waals surface area contributed by atoms with Gasteiger partial charge in [-0.15, -0.1) is 0 Å². The van der Waals surface area contributed by atoms with Gasteiger partial charge >= 0.3 is 0 Å². The largest absolute Gasteiger partial charge is 0.507 e. The second kappa shape index (κ2) is 6.72.